The number of hydrogen-bond acceptors (Lipinski definition) is 3. The van der Waals surface area contributed by atoms with Crippen molar-refractivity contribution in [1.29, 1.82) is 0 Å². The number of benzene rings is 2. The third kappa shape index (κ3) is 4.71. The summed E-state index contributed by atoms with van der Waals surface area (Å²) in [4.78, 5) is 15.4. The maximum atomic E-state index is 13.2. The first-order chi connectivity index (χ1) is 14.1. The molecule has 2 atom stereocenters. The van der Waals surface area contributed by atoms with E-state index < -0.39 is 0 Å². The number of likely N-dealkylation sites (tertiary alicyclic amines) is 1. The van der Waals surface area contributed by atoms with Crippen LogP contribution in [0.15, 0.2) is 67.0 Å². The summed E-state index contributed by atoms with van der Waals surface area (Å²) in [5.41, 5.74) is 2.80. The summed E-state index contributed by atoms with van der Waals surface area (Å²) in [5.74, 6) is 0.0780. The van der Waals surface area contributed by atoms with Crippen molar-refractivity contribution in [2.24, 2.45) is 13.0 Å². The summed E-state index contributed by atoms with van der Waals surface area (Å²) in [6, 6.07) is 15.3. The van der Waals surface area contributed by atoms with Crippen LogP contribution in [0.5, 0.6) is 0 Å². The van der Waals surface area contributed by atoms with Gasteiger partial charge >= 0.3 is 0 Å². The van der Waals surface area contributed by atoms with Crippen LogP contribution in [-0.2, 0) is 18.3 Å². The van der Waals surface area contributed by atoms with Crippen molar-refractivity contribution in [3.05, 3.63) is 83.9 Å². The number of anilines is 1. The number of carbonyl (C=O) groups excluding carboxylic acids is 1. The monoisotopic (exact) mass is 392 g/mol. The standard InChI is InChI=1S/C23H25FN4O/c1-27-15-18(14-25-27)13-17-11-12-28(16-17)22(19-5-3-2-4-6-19)23(29)26-21-9-7-20(24)8-10-21/h2-10,14-15,17,22H,11-13,16H2,1H3,(H,26,29)/t17-,22+/m1/s1. The molecule has 0 saturated carbocycles. The SMILES string of the molecule is Cn1cc(C[C@H]2CCN([C@H](C(=O)Nc3ccc(F)cc3)c3ccccc3)C2)cn1. The molecule has 1 fully saturated rings. The van der Waals surface area contributed by atoms with Crippen molar-refractivity contribution in [2.45, 2.75) is 18.9 Å². The molecule has 0 bridgehead atoms. The number of hydrogen-bond donors (Lipinski definition) is 1. The van der Waals surface area contributed by atoms with E-state index in [1.807, 2.05) is 48.3 Å². The molecule has 1 aliphatic rings. The zero-order chi connectivity index (χ0) is 20.2. The van der Waals surface area contributed by atoms with Gasteiger partial charge in [-0.2, -0.15) is 5.10 Å². The first-order valence-electron chi connectivity index (χ1n) is 9.91. The van der Waals surface area contributed by atoms with E-state index in [0.29, 0.717) is 11.6 Å². The number of rotatable bonds is 6. The minimum atomic E-state index is -0.375. The molecule has 29 heavy (non-hydrogen) atoms. The van der Waals surface area contributed by atoms with E-state index in [4.69, 9.17) is 0 Å². The Kier molecular flexibility index (Phi) is 5.71. The minimum absolute atomic E-state index is 0.0927. The summed E-state index contributed by atoms with van der Waals surface area (Å²) in [6.07, 6.45) is 5.98. The van der Waals surface area contributed by atoms with Crippen LogP contribution >= 0.6 is 0 Å². The average Bonchev–Trinajstić information content (AvgIpc) is 3.34. The average molecular weight is 392 g/mol. The molecular weight excluding hydrogens is 367 g/mol. The minimum Gasteiger partial charge on any atom is -0.324 e. The van der Waals surface area contributed by atoms with Gasteiger partial charge in [-0.3, -0.25) is 14.4 Å². The van der Waals surface area contributed by atoms with Gasteiger partial charge in [0.05, 0.1) is 6.20 Å². The summed E-state index contributed by atoms with van der Waals surface area (Å²) in [6.45, 7) is 1.71. The van der Waals surface area contributed by atoms with Crippen LogP contribution in [-0.4, -0.2) is 33.7 Å². The highest BCUT2D eigenvalue weighted by Gasteiger charge is 2.33. The highest BCUT2D eigenvalue weighted by atomic mass is 19.1. The third-order valence-electron chi connectivity index (χ3n) is 5.44. The number of carbonyl (C=O) groups is 1. The molecule has 0 unspecified atom stereocenters. The summed E-state index contributed by atoms with van der Waals surface area (Å²) in [5, 5.41) is 7.21. The second-order valence-electron chi connectivity index (χ2n) is 7.69. The largest absolute Gasteiger partial charge is 0.324 e. The highest BCUT2D eigenvalue weighted by Crippen LogP contribution is 2.30. The molecule has 4 rings (SSSR count). The molecular formula is C23H25FN4O. The Morgan fingerprint density at radius 1 is 1.21 bits per heavy atom. The van der Waals surface area contributed by atoms with Crippen molar-refractivity contribution >= 4 is 11.6 Å². The Hall–Kier alpha value is -2.99. The molecule has 1 amide bonds. The Labute approximate surface area is 170 Å². The number of nitrogens with zero attached hydrogens (tertiary/aromatic N) is 3. The topological polar surface area (TPSA) is 50.2 Å². The number of nitrogens with one attached hydrogen (secondary N) is 1. The van der Waals surface area contributed by atoms with Gasteiger partial charge in [-0.1, -0.05) is 30.3 Å². The highest BCUT2D eigenvalue weighted by molar-refractivity contribution is 5.95. The van der Waals surface area contributed by atoms with E-state index in [0.717, 1.165) is 31.5 Å². The molecule has 0 spiro atoms. The zero-order valence-corrected chi connectivity index (χ0v) is 16.5. The summed E-state index contributed by atoms with van der Waals surface area (Å²) in [7, 11) is 1.93. The fraction of sp³-hybridized carbons (Fsp3) is 0.304. The second kappa shape index (κ2) is 8.57. The molecule has 1 aliphatic heterocycles. The Morgan fingerprint density at radius 3 is 2.66 bits per heavy atom. The number of halogens is 1. The zero-order valence-electron chi connectivity index (χ0n) is 16.5. The lowest BCUT2D eigenvalue weighted by atomic mass is 10.0. The van der Waals surface area contributed by atoms with Crippen LogP contribution in [0.2, 0.25) is 0 Å². The predicted molar refractivity (Wildman–Crippen MR) is 111 cm³/mol. The molecule has 1 aromatic heterocycles. The van der Waals surface area contributed by atoms with Gasteiger partial charge in [-0.25, -0.2) is 4.39 Å². The Balaban J connectivity index is 1.50. The van der Waals surface area contributed by atoms with E-state index in [-0.39, 0.29) is 17.8 Å². The van der Waals surface area contributed by atoms with E-state index >= 15 is 0 Å². The molecule has 150 valence electrons. The number of aromatic nitrogens is 2. The molecule has 2 aromatic carbocycles. The second-order valence-corrected chi connectivity index (χ2v) is 7.69. The van der Waals surface area contributed by atoms with E-state index in [1.165, 1.54) is 17.7 Å². The number of aryl methyl sites for hydroxylation is 1. The molecule has 0 aliphatic carbocycles. The maximum absolute atomic E-state index is 13.2. The van der Waals surface area contributed by atoms with Crippen LogP contribution in [0, 0.1) is 11.7 Å². The maximum Gasteiger partial charge on any atom is 0.246 e. The van der Waals surface area contributed by atoms with Crippen molar-refractivity contribution in [3.8, 4) is 0 Å². The number of amides is 1. The lowest BCUT2D eigenvalue weighted by Gasteiger charge is -2.27. The Bertz CT molecular complexity index is 955. The van der Waals surface area contributed by atoms with E-state index in [1.54, 1.807) is 12.1 Å². The lowest BCUT2D eigenvalue weighted by molar-refractivity contribution is -0.121. The smallest absolute Gasteiger partial charge is 0.246 e. The fourth-order valence-corrected chi connectivity index (χ4v) is 4.08. The lowest BCUT2D eigenvalue weighted by Crippen LogP contribution is -2.36. The van der Waals surface area contributed by atoms with Gasteiger partial charge in [0.1, 0.15) is 11.9 Å². The van der Waals surface area contributed by atoms with Crippen molar-refractivity contribution in [2.75, 3.05) is 18.4 Å². The molecule has 6 heteroatoms. The molecule has 1 N–H and O–H groups in total. The predicted octanol–water partition coefficient (Wildman–Crippen LogP) is 3.80. The molecule has 3 aromatic rings. The van der Waals surface area contributed by atoms with Gasteiger partial charge in [-0.15, -0.1) is 0 Å². The van der Waals surface area contributed by atoms with Gasteiger partial charge < -0.3 is 5.32 Å². The van der Waals surface area contributed by atoms with Gasteiger partial charge in [0.15, 0.2) is 0 Å². The molecule has 1 saturated heterocycles. The first-order valence-corrected chi connectivity index (χ1v) is 9.91. The van der Waals surface area contributed by atoms with Crippen LogP contribution in [0.4, 0.5) is 10.1 Å². The van der Waals surface area contributed by atoms with E-state index in [2.05, 4.69) is 21.5 Å². The molecule has 5 nitrogen and oxygen atoms in total. The quantitative estimate of drug-likeness (QED) is 0.694. The first kappa shape index (κ1) is 19.3. The van der Waals surface area contributed by atoms with Crippen LogP contribution < -0.4 is 5.32 Å². The van der Waals surface area contributed by atoms with E-state index in [9.17, 15) is 9.18 Å². The molecule has 0 radical (unpaired) electrons. The van der Waals surface area contributed by atoms with Crippen LogP contribution in [0.25, 0.3) is 0 Å². The van der Waals surface area contributed by atoms with Crippen LogP contribution in [0.1, 0.15) is 23.6 Å². The fourth-order valence-electron chi connectivity index (χ4n) is 4.08. The van der Waals surface area contributed by atoms with Crippen LogP contribution in [0.3, 0.4) is 0 Å². The van der Waals surface area contributed by atoms with Gasteiger partial charge in [0, 0.05) is 25.5 Å². The normalized spacial score (nSPS) is 17.9. The van der Waals surface area contributed by atoms with Crippen molar-refractivity contribution in [3.63, 3.8) is 0 Å². The van der Waals surface area contributed by atoms with Gasteiger partial charge in [-0.05, 0) is 60.7 Å². The van der Waals surface area contributed by atoms with Gasteiger partial charge in [0.2, 0.25) is 5.91 Å². The third-order valence-corrected chi connectivity index (χ3v) is 5.44. The Morgan fingerprint density at radius 2 is 1.97 bits per heavy atom. The molecule has 2 heterocycles. The van der Waals surface area contributed by atoms with Crippen molar-refractivity contribution < 1.29 is 9.18 Å². The summed E-state index contributed by atoms with van der Waals surface area (Å²) < 4.78 is 15.0. The van der Waals surface area contributed by atoms with Crippen molar-refractivity contribution in [1.82, 2.24) is 14.7 Å². The summed E-state index contributed by atoms with van der Waals surface area (Å²) >= 11 is 0. The van der Waals surface area contributed by atoms with Gasteiger partial charge in [0.25, 0.3) is 0 Å².